The molecular weight excluding hydrogens is 503 g/mol. The van der Waals surface area contributed by atoms with Crippen LogP contribution in [0, 0.1) is 0 Å². The molecule has 0 bridgehead atoms. The summed E-state index contributed by atoms with van der Waals surface area (Å²) in [6.45, 7) is 13.3. The van der Waals surface area contributed by atoms with E-state index in [1.54, 1.807) is 0 Å². The van der Waals surface area contributed by atoms with Gasteiger partial charge in [0.2, 0.25) is 0 Å². The van der Waals surface area contributed by atoms with E-state index in [0.29, 0.717) is 11.8 Å². The van der Waals surface area contributed by atoms with Crippen LogP contribution in [0.1, 0.15) is 50.7 Å². The standard InChI is InChI=1S/2C12H13.C2H6Si.2ClH.Zr/c2*1-9(2)12-7-10-5-3-4-6-11(10)8-12;1-3-2;;;/h2*3-9H,1-2H3;1-2H3;2*1H;/q2*-1;;;;+2/p-2. The summed E-state index contributed by atoms with van der Waals surface area (Å²) in [4.78, 5) is 0. The van der Waals surface area contributed by atoms with E-state index in [4.69, 9.17) is 17.0 Å². The molecule has 0 spiro atoms. The topological polar surface area (TPSA) is 0 Å². The second-order valence-electron chi connectivity index (χ2n) is 8.40. The van der Waals surface area contributed by atoms with Crippen LogP contribution < -0.4 is 0 Å². The molecule has 0 aromatic heterocycles. The Morgan fingerprint density at radius 1 is 0.700 bits per heavy atom. The second-order valence-corrected chi connectivity index (χ2v) is 31.4. The Labute approximate surface area is 197 Å². The molecule has 160 valence electrons. The molecule has 30 heavy (non-hydrogen) atoms. The summed E-state index contributed by atoms with van der Waals surface area (Å²) in [7, 11) is 11.2. The number of rotatable bonds is 2. The van der Waals surface area contributed by atoms with Crippen LogP contribution in [0.25, 0.3) is 21.5 Å². The van der Waals surface area contributed by atoms with Crippen molar-refractivity contribution in [1.29, 1.82) is 0 Å². The fourth-order valence-corrected chi connectivity index (χ4v) is 3.02. The zero-order valence-electron chi connectivity index (χ0n) is 18.8. The van der Waals surface area contributed by atoms with Crippen molar-refractivity contribution >= 4 is 44.0 Å². The minimum atomic E-state index is -1.65. The maximum atomic E-state index is 5.62. The molecule has 4 heteroatoms. The molecule has 0 aliphatic heterocycles. The number of benzene rings is 2. The van der Waals surface area contributed by atoms with Crippen LogP contribution in [-0.4, -0.2) is 5.43 Å². The van der Waals surface area contributed by atoms with Gasteiger partial charge in [0.1, 0.15) is 0 Å². The number of hydrogen-bond donors (Lipinski definition) is 0. The Bertz CT molecular complexity index is 940. The van der Waals surface area contributed by atoms with Gasteiger partial charge >= 0.3 is 53.5 Å². The summed E-state index contributed by atoms with van der Waals surface area (Å²) in [5, 5.41) is 5.45. The van der Waals surface area contributed by atoms with Crippen molar-refractivity contribution in [1.82, 2.24) is 0 Å². The Hall–Kier alpha value is -0.660. The van der Waals surface area contributed by atoms with Gasteiger partial charge in [-0.3, -0.25) is 0 Å². The zero-order valence-corrected chi connectivity index (χ0v) is 23.8. The molecule has 4 aromatic rings. The van der Waals surface area contributed by atoms with Gasteiger partial charge in [-0.2, -0.15) is 12.1 Å². The van der Waals surface area contributed by atoms with Crippen molar-refractivity contribution in [3.63, 3.8) is 0 Å². The van der Waals surface area contributed by atoms with Crippen LogP contribution in [0.5, 0.6) is 0 Å². The Kier molecular flexibility index (Phi) is 10.6. The average molecular weight is 535 g/mol. The van der Waals surface area contributed by atoms with Crippen molar-refractivity contribution in [3.05, 3.63) is 83.9 Å². The van der Waals surface area contributed by atoms with E-state index < -0.39 is 18.0 Å². The summed E-state index contributed by atoms with van der Waals surface area (Å²) < 4.78 is 0. The minimum absolute atomic E-state index is 0.224. The average Bonchev–Trinajstić information content (AvgIpc) is 3.33. The first-order valence-electron chi connectivity index (χ1n) is 10.5. The Balaban J connectivity index is 0.000000171. The fourth-order valence-electron chi connectivity index (χ4n) is 3.02. The summed E-state index contributed by atoms with van der Waals surface area (Å²) in [6, 6.07) is 26.1. The van der Waals surface area contributed by atoms with Gasteiger partial charge in [0, 0.05) is 0 Å². The van der Waals surface area contributed by atoms with E-state index in [1.165, 1.54) is 32.7 Å². The molecule has 0 heterocycles. The van der Waals surface area contributed by atoms with E-state index >= 15 is 0 Å². The van der Waals surface area contributed by atoms with Crippen molar-refractivity contribution in [2.75, 3.05) is 0 Å². The molecule has 0 saturated carbocycles. The Morgan fingerprint density at radius 3 is 1.30 bits per heavy atom. The molecule has 0 fully saturated rings. The number of fused-ring (bicyclic) bond motifs is 2. The fraction of sp³-hybridized carbons (Fsp3) is 0.308. The van der Waals surface area contributed by atoms with Crippen molar-refractivity contribution in [2.24, 2.45) is 0 Å². The normalized spacial score (nSPS) is 10.6. The van der Waals surface area contributed by atoms with Gasteiger partial charge in [-0.15, -0.1) is 81.2 Å². The molecule has 0 aliphatic rings. The van der Waals surface area contributed by atoms with E-state index in [9.17, 15) is 0 Å². The van der Waals surface area contributed by atoms with Crippen LogP contribution in [0.3, 0.4) is 0 Å². The zero-order chi connectivity index (χ0) is 22.3. The van der Waals surface area contributed by atoms with Crippen LogP contribution in [-0.2, 0) is 18.0 Å². The third kappa shape index (κ3) is 7.79. The van der Waals surface area contributed by atoms with Crippen molar-refractivity contribution < 1.29 is 18.0 Å². The summed E-state index contributed by atoms with van der Waals surface area (Å²) >= 11 is -1.65. The molecular formula is C26H32Cl2SiZr-2. The molecule has 0 radical (unpaired) electrons. The van der Waals surface area contributed by atoms with Crippen molar-refractivity contribution in [3.8, 4) is 0 Å². The quantitative estimate of drug-likeness (QED) is 0.177. The molecule has 4 aromatic carbocycles. The molecule has 0 N–H and O–H groups in total. The number of halogens is 2. The first kappa shape index (κ1) is 25.6. The first-order chi connectivity index (χ1) is 14.2. The van der Waals surface area contributed by atoms with E-state index in [-0.39, 0.29) is 5.43 Å². The van der Waals surface area contributed by atoms with Gasteiger partial charge < -0.3 is 0 Å². The third-order valence-electron chi connectivity index (χ3n) is 4.99. The monoisotopic (exact) mass is 532 g/mol. The molecule has 0 unspecified atom stereocenters. The van der Waals surface area contributed by atoms with Gasteiger partial charge in [0.15, 0.2) is 0 Å². The summed E-state index contributed by atoms with van der Waals surface area (Å²) in [6.07, 6.45) is 0. The Morgan fingerprint density at radius 2 is 1.03 bits per heavy atom. The maximum absolute atomic E-state index is 5.62. The third-order valence-corrected chi connectivity index (χ3v) is 24.7. The van der Waals surface area contributed by atoms with Gasteiger partial charge in [-0.25, -0.2) is 0 Å². The molecule has 0 atom stereocenters. The van der Waals surface area contributed by atoms with Crippen LogP contribution in [0.15, 0.2) is 72.8 Å². The summed E-state index contributed by atoms with van der Waals surface area (Å²) in [5.41, 5.74) is 2.66. The first-order valence-corrected chi connectivity index (χ1v) is 23.0. The molecule has 0 aliphatic carbocycles. The number of hydrogen-bond acceptors (Lipinski definition) is 0. The predicted octanol–water partition coefficient (Wildman–Crippen LogP) is 9.53. The van der Waals surface area contributed by atoms with Gasteiger partial charge in [-0.05, 0) is 11.8 Å². The van der Waals surface area contributed by atoms with Crippen LogP contribution in [0.4, 0.5) is 0 Å². The van der Waals surface area contributed by atoms with Gasteiger partial charge in [0.05, 0.1) is 0 Å². The van der Waals surface area contributed by atoms with Gasteiger partial charge in [-0.1, -0.05) is 39.8 Å². The SMILES string of the molecule is CC(C)c1cc2ccccc2[cH-]1.CC(C)c1cc2ccccc2[cH-]1.C[Si](C)=[Zr]([Cl])[Cl]. The molecule has 4 rings (SSSR count). The van der Waals surface area contributed by atoms with E-state index in [0.717, 1.165) is 0 Å². The van der Waals surface area contributed by atoms with E-state index in [2.05, 4.69) is 114 Å². The summed E-state index contributed by atoms with van der Waals surface area (Å²) in [5.74, 6) is 1.27. The molecule has 0 amide bonds. The predicted molar refractivity (Wildman–Crippen MR) is 136 cm³/mol. The second kappa shape index (κ2) is 12.4. The van der Waals surface area contributed by atoms with Crippen molar-refractivity contribution in [2.45, 2.75) is 52.6 Å². The molecule has 0 saturated heterocycles. The molecule has 0 nitrogen and oxygen atoms in total. The van der Waals surface area contributed by atoms with Crippen LogP contribution in [0.2, 0.25) is 13.1 Å². The van der Waals surface area contributed by atoms with Gasteiger partial charge in [0.25, 0.3) is 0 Å². The van der Waals surface area contributed by atoms with E-state index in [1.807, 2.05) is 0 Å². The van der Waals surface area contributed by atoms with Crippen LogP contribution >= 0.6 is 17.0 Å².